The highest BCUT2D eigenvalue weighted by Crippen LogP contribution is 2.37. The van der Waals surface area contributed by atoms with Gasteiger partial charge in [-0.25, -0.2) is 5.84 Å². The molecule has 0 amide bonds. The summed E-state index contributed by atoms with van der Waals surface area (Å²) in [7, 11) is 0. The van der Waals surface area contributed by atoms with Gasteiger partial charge in [0.1, 0.15) is 5.84 Å². The van der Waals surface area contributed by atoms with E-state index in [1.807, 2.05) is 11.8 Å². The zero-order chi connectivity index (χ0) is 13.1. The molecule has 0 aromatic heterocycles. The SMILES string of the molecule is NNC(=NC1CCCCC1)C1Cc2ccccc2S1. The maximum absolute atomic E-state index is 5.71. The number of hydrazine groups is 1. The Morgan fingerprint density at radius 2 is 2.00 bits per heavy atom. The molecule has 1 aromatic rings. The van der Waals surface area contributed by atoms with E-state index in [0.29, 0.717) is 11.3 Å². The van der Waals surface area contributed by atoms with Crippen molar-refractivity contribution in [2.75, 3.05) is 0 Å². The number of nitrogens with zero attached hydrogens (tertiary/aromatic N) is 1. The molecule has 2 aliphatic rings. The highest BCUT2D eigenvalue weighted by molar-refractivity contribution is 8.01. The van der Waals surface area contributed by atoms with Crippen LogP contribution in [0.15, 0.2) is 34.2 Å². The fourth-order valence-electron chi connectivity index (χ4n) is 2.95. The molecule has 1 atom stereocenters. The van der Waals surface area contributed by atoms with E-state index in [0.717, 1.165) is 12.3 Å². The average molecular weight is 275 g/mol. The molecule has 0 spiro atoms. The first-order valence-corrected chi connectivity index (χ1v) is 8.03. The third-order valence-electron chi connectivity index (χ3n) is 4.00. The molecular formula is C15H21N3S. The number of amidine groups is 1. The second-order valence-electron chi connectivity index (χ2n) is 5.37. The molecule has 102 valence electrons. The highest BCUT2D eigenvalue weighted by Gasteiger charge is 2.27. The van der Waals surface area contributed by atoms with Crippen LogP contribution in [0.4, 0.5) is 0 Å². The van der Waals surface area contributed by atoms with Gasteiger partial charge in [-0.3, -0.25) is 4.99 Å². The van der Waals surface area contributed by atoms with Crippen molar-refractivity contribution in [3.05, 3.63) is 29.8 Å². The van der Waals surface area contributed by atoms with Crippen molar-refractivity contribution < 1.29 is 0 Å². The number of nitrogens with one attached hydrogen (secondary N) is 1. The summed E-state index contributed by atoms with van der Waals surface area (Å²) in [5, 5.41) is 0.365. The first kappa shape index (κ1) is 13.0. The molecule has 1 aliphatic carbocycles. The van der Waals surface area contributed by atoms with Gasteiger partial charge in [-0.05, 0) is 30.9 Å². The van der Waals surface area contributed by atoms with E-state index in [2.05, 4.69) is 29.7 Å². The number of hydrogen-bond donors (Lipinski definition) is 2. The van der Waals surface area contributed by atoms with Crippen molar-refractivity contribution in [2.45, 2.75) is 54.7 Å². The van der Waals surface area contributed by atoms with Gasteiger partial charge in [-0.15, -0.1) is 11.8 Å². The van der Waals surface area contributed by atoms with Gasteiger partial charge in [0.05, 0.1) is 11.3 Å². The predicted octanol–water partition coefficient (Wildman–Crippen LogP) is 2.90. The zero-order valence-electron chi connectivity index (χ0n) is 11.1. The zero-order valence-corrected chi connectivity index (χ0v) is 12.0. The minimum Gasteiger partial charge on any atom is -0.311 e. The van der Waals surface area contributed by atoms with E-state index in [4.69, 9.17) is 10.8 Å². The van der Waals surface area contributed by atoms with Gasteiger partial charge in [0.15, 0.2) is 0 Å². The molecule has 1 aliphatic heterocycles. The lowest BCUT2D eigenvalue weighted by atomic mass is 9.96. The molecule has 1 fully saturated rings. The highest BCUT2D eigenvalue weighted by atomic mass is 32.2. The third kappa shape index (κ3) is 2.95. The summed E-state index contributed by atoms with van der Waals surface area (Å²) in [6, 6.07) is 9.08. The Morgan fingerprint density at radius 3 is 2.74 bits per heavy atom. The molecule has 1 heterocycles. The molecule has 3 N–H and O–H groups in total. The van der Waals surface area contributed by atoms with Gasteiger partial charge in [0, 0.05) is 4.90 Å². The molecule has 0 bridgehead atoms. The Kier molecular flexibility index (Phi) is 4.09. The second kappa shape index (κ2) is 5.97. The first-order chi connectivity index (χ1) is 9.36. The largest absolute Gasteiger partial charge is 0.311 e. The van der Waals surface area contributed by atoms with Crippen LogP contribution in [0.2, 0.25) is 0 Å². The van der Waals surface area contributed by atoms with E-state index in [-0.39, 0.29) is 0 Å². The molecule has 3 nitrogen and oxygen atoms in total. The van der Waals surface area contributed by atoms with Crippen LogP contribution in [0, 0.1) is 0 Å². The van der Waals surface area contributed by atoms with Gasteiger partial charge in [0.2, 0.25) is 0 Å². The maximum atomic E-state index is 5.71. The van der Waals surface area contributed by atoms with Crippen LogP contribution in [0.5, 0.6) is 0 Å². The minimum atomic E-state index is 0.365. The van der Waals surface area contributed by atoms with Crippen LogP contribution in [-0.2, 0) is 6.42 Å². The molecule has 1 unspecified atom stereocenters. The fourth-order valence-corrected chi connectivity index (χ4v) is 4.22. The normalized spacial score (nSPS) is 24.3. The second-order valence-corrected chi connectivity index (χ2v) is 6.61. The van der Waals surface area contributed by atoms with Crippen molar-refractivity contribution in [1.82, 2.24) is 5.43 Å². The Balaban J connectivity index is 1.72. The summed E-state index contributed by atoms with van der Waals surface area (Å²) < 4.78 is 0. The Morgan fingerprint density at radius 1 is 1.21 bits per heavy atom. The average Bonchev–Trinajstić information content (AvgIpc) is 2.89. The number of benzene rings is 1. The van der Waals surface area contributed by atoms with E-state index in [1.54, 1.807) is 0 Å². The quantitative estimate of drug-likeness (QED) is 0.378. The van der Waals surface area contributed by atoms with E-state index in [1.165, 1.54) is 42.6 Å². The van der Waals surface area contributed by atoms with Crippen molar-refractivity contribution in [3.8, 4) is 0 Å². The van der Waals surface area contributed by atoms with Gasteiger partial charge in [0.25, 0.3) is 0 Å². The third-order valence-corrected chi connectivity index (χ3v) is 5.32. The Hall–Kier alpha value is -1.00. The lowest BCUT2D eigenvalue weighted by Gasteiger charge is -2.21. The monoisotopic (exact) mass is 275 g/mol. The number of aliphatic imine (C=N–C) groups is 1. The fraction of sp³-hybridized carbons (Fsp3) is 0.533. The van der Waals surface area contributed by atoms with Crippen molar-refractivity contribution in [3.63, 3.8) is 0 Å². The maximum Gasteiger partial charge on any atom is 0.125 e. The molecular weight excluding hydrogens is 254 g/mol. The number of thioether (sulfide) groups is 1. The lowest BCUT2D eigenvalue weighted by molar-refractivity contribution is 0.442. The molecule has 4 heteroatoms. The molecule has 0 radical (unpaired) electrons. The smallest absolute Gasteiger partial charge is 0.125 e. The van der Waals surface area contributed by atoms with E-state index < -0.39 is 0 Å². The number of nitrogens with two attached hydrogens (primary N) is 1. The predicted molar refractivity (Wildman–Crippen MR) is 81.4 cm³/mol. The molecule has 1 aromatic carbocycles. The van der Waals surface area contributed by atoms with Gasteiger partial charge < -0.3 is 5.43 Å². The minimum absolute atomic E-state index is 0.365. The van der Waals surface area contributed by atoms with E-state index in [9.17, 15) is 0 Å². The van der Waals surface area contributed by atoms with Gasteiger partial charge in [-0.2, -0.15) is 0 Å². The summed E-state index contributed by atoms with van der Waals surface area (Å²) in [4.78, 5) is 6.25. The van der Waals surface area contributed by atoms with Crippen LogP contribution in [0.3, 0.4) is 0 Å². The molecule has 3 rings (SSSR count). The first-order valence-electron chi connectivity index (χ1n) is 7.15. The van der Waals surface area contributed by atoms with Crippen LogP contribution in [0.1, 0.15) is 37.7 Å². The van der Waals surface area contributed by atoms with E-state index >= 15 is 0 Å². The van der Waals surface area contributed by atoms with Gasteiger partial charge in [-0.1, -0.05) is 37.5 Å². The number of hydrogen-bond acceptors (Lipinski definition) is 3. The van der Waals surface area contributed by atoms with Crippen LogP contribution in [0.25, 0.3) is 0 Å². The molecule has 19 heavy (non-hydrogen) atoms. The molecule has 1 saturated carbocycles. The summed E-state index contributed by atoms with van der Waals surface area (Å²) >= 11 is 1.88. The van der Waals surface area contributed by atoms with Crippen LogP contribution >= 0.6 is 11.8 Å². The van der Waals surface area contributed by atoms with Gasteiger partial charge >= 0.3 is 0 Å². The summed E-state index contributed by atoms with van der Waals surface area (Å²) in [6.07, 6.45) is 7.46. The summed E-state index contributed by atoms with van der Waals surface area (Å²) in [5.41, 5.74) is 4.28. The topological polar surface area (TPSA) is 50.4 Å². The Bertz CT molecular complexity index is 441. The summed E-state index contributed by atoms with van der Waals surface area (Å²) in [5.74, 6) is 6.69. The van der Waals surface area contributed by atoms with Crippen LogP contribution in [-0.4, -0.2) is 17.1 Å². The summed E-state index contributed by atoms with van der Waals surface area (Å²) in [6.45, 7) is 0. The molecule has 0 saturated heterocycles. The number of fused-ring (bicyclic) bond motifs is 1. The number of rotatable bonds is 2. The van der Waals surface area contributed by atoms with Crippen molar-refractivity contribution in [2.24, 2.45) is 10.8 Å². The standard InChI is InChI=1S/C15H21N3S/c16-18-15(17-12-7-2-1-3-8-12)14-10-11-6-4-5-9-13(11)19-14/h4-6,9,12,14H,1-3,7-8,10,16H2,(H,17,18). The Labute approximate surface area is 119 Å². The lowest BCUT2D eigenvalue weighted by Crippen LogP contribution is -2.39. The van der Waals surface area contributed by atoms with Crippen LogP contribution < -0.4 is 11.3 Å². The van der Waals surface area contributed by atoms with Crippen molar-refractivity contribution in [1.29, 1.82) is 0 Å². The van der Waals surface area contributed by atoms with Crippen molar-refractivity contribution >= 4 is 17.6 Å².